The summed E-state index contributed by atoms with van der Waals surface area (Å²) in [7, 11) is 3.95. The van der Waals surface area contributed by atoms with Gasteiger partial charge in [-0.1, -0.05) is 31.9 Å². The summed E-state index contributed by atoms with van der Waals surface area (Å²) in [6.45, 7) is 4.00. The predicted molar refractivity (Wildman–Crippen MR) is 130 cm³/mol. The van der Waals surface area contributed by atoms with Gasteiger partial charge in [0.05, 0.1) is 23.6 Å². The van der Waals surface area contributed by atoms with Gasteiger partial charge in [0.1, 0.15) is 17.1 Å². The van der Waals surface area contributed by atoms with Crippen molar-refractivity contribution in [3.63, 3.8) is 0 Å². The third-order valence-electron chi connectivity index (χ3n) is 6.12. The highest BCUT2D eigenvalue weighted by molar-refractivity contribution is 5.99. The summed E-state index contributed by atoms with van der Waals surface area (Å²) in [6, 6.07) is 10.7. The fourth-order valence-corrected chi connectivity index (χ4v) is 4.44. The highest BCUT2D eigenvalue weighted by Gasteiger charge is 2.42. The molecule has 4 rings (SSSR count). The number of hydrogen-bond acceptors (Lipinski definition) is 5. The topological polar surface area (TPSA) is 63.0 Å². The zero-order chi connectivity index (χ0) is 24.2. The predicted octanol–water partition coefficient (Wildman–Crippen LogP) is 5.00. The lowest BCUT2D eigenvalue weighted by atomic mass is 9.98. The Morgan fingerprint density at radius 3 is 2.68 bits per heavy atom. The molecule has 0 N–H and O–H groups in total. The van der Waals surface area contributed by atoms with E-state index in [-0.39, 0.29) is 33.6 Å². The molecule has 2 heterocycles. The van der Waals surface area contributed by atoms with Gasteiger partial charge in [0.2, 0.25) is 5.76 Å². The lowest BCUT2D eigenvalue weighted by molar-refractivity contribution is 0.0722. The smallest absolute Gasteiger partial charge is 0.290 e. The highest BCUT2D eigenvalue weighted by Crippen LogP contribution is 2.39. The van der Waals surface area contributed by atoms with E-state index in [1.807, 2.05) is 43.3 Å². The molecule has 1 aliphatic rings. The minimum absolute atomic E-state index is 0.0354. The zero-order valence-corrected chi connectivity index (χ0v) is 20.0. The van der Waals surface area contributed by atoms with Crippen molar-refractivity contribution in [2.45, 2.75) is 38.6 Å². The van der Waals surface area contributed by atoms with Gasteiger partial charge in [-0.3, -0.25) is 9.59 Å². The molecule has 1 unspecified atom stereocenters. The first-order valence-corrected chi connectivity index (χ1v) is 11.9. The SMILES string of the molecule is CCCCCOc1cccc(C2c3c(oc4ccc(F)cc4c3=O)C(=O)N2CCCN(C)C)c1. The number of rotatable bonds is 10. The molecule has 6 nitrogen and oxygen atoms in total. The van der Waals surface area contributed by atoms with Gasteiger partial charge in [-0.2, -0.15) is 0 Å². The maximum atomic E-state index is 13.9. The van der Waals surface area contributed by atoms with E-state index in [1.165, 1.54) is 18.2 Å². The van der Waals surface area contributed by atoms with Crippen LogP contribution in [-0.4, -0.2) is 49.5 Å². The first-order chi connectivity index (χ1) is 16.4. The molecule has 34 heavy (non-hydrogen) atoms. The van der Waals surface area contributed by atoms with Gasteiger partial charge in [0.25, 0.3) is 5.91 Å². The number of nitrogens with zero attached hydrogens (tertiary/aromatic N) is 2. The van der Waals surface area contributed by atoms with Crippen molar-refractivity contribution < 1.29 is 18.3 Å². The Bertz CT molecular complexity index is 1240. The molecular weight excluding hydrogens is 435 g/mol. The number of carbonyl (C=O) groups is 1. The van der Waals surface area contributed by atoms with Crippen LogP contribution >= 0.6 is 0 Å². The quantitative estimate of drug-likeness (QED) is 0.394. The second kappa shape index (κ2) is 10.4. The molecule has 1 aromatic heterocycles. The van der Waals surface area contributed by atoms with Crippen LogP contribution < -0.4 is 10.2 Å². The van der Waals surface area contributed by atoms with E-state index in [4.69, 9.17) is 9.15 Å². The van der Waals surface area contributed by atoms with Crippen molar-refractivity contribution in [2.24, 2.45) is 0 Å². The average molecular weight is 467 g/mol. The molecule has 0 spiro atoms. The Balaban J connectivity index is 1.77. The molecule has 0 saturated heterocycles. The van der Waals surface area contributed by atoms with E-state index in [1.54, 1.807) is 4.90 Å². The largest absolute Gasteiger partial charge is 0.494 e. The second-order valence-electron chi connectivity index (χ2n) is 9.00. The van der Waals surface area contributed by atoms with Crippen LogP contribution in [0.4, 0.5) is 4.39 Å². The monoisotopic (exact) mass is 466 g/mol. The fraction of sp³-hybridized carbons (Fsp3) is 0.407. The molecule has 0 fully saturated rings. The van der Waals surface area contributed by atoms with Crippen LogP contribution in [0.2, 0.25) is 0 Å². The molecule has 180 valence electrons. The van der Waals surface area contributed by atoms with Crippen molar-refractivity contribution in [1.82, 2.24) is 9.80 Å². The minimum Gasteiger partial charge on any atom is -0.494 e. The van der Waals surface area contributed by atoms with Crippen molar-refractivity contribution in [3.05, 3.63) is 75.4 Å². The number of carbonyl (C=O) groups excluding carboxylic acids is 1. The van der Waals surface area contributed by atoms with Crippen molar-refractivity contribution >= 4 is 16.9 Å². The van der Waals surface area contributed by atoms with Crippen LogP contribution in [0, 0.1) is 5.82 Å². The number of halogens is 1. The lowest BCUT2D eigenvalue weighted by Gasteiger charge is -2.26. The third kappa shape index (κ3) is 4.85. The van der Waals surface area contributed by atoms with Crippen molar-refractivity contribution in [2.75, 3.05) is 33.8 Å². The Morgan fingerprint density at radius 2 is 1.91 bits per heavy atom. The lowest BCUT2D eigenvalue weighted by Crippen LogP contribution is -2.32. The van der Waals surface area contributed by atoms with Crippen LogP contribution in [0.5, 0.6) is 5.75 Å². The molecule has 0 bridgehead atoms. The van der Waals surface area contributed by atoms with Gasteiger partial charge < -0.3 is 19.0 Å². The van der Waals surface area contributed by atoms with Gasteiger partial charge in [-0.25, -0.2) is 4.39 Å². The van der Waals surface area contributed by atoms with E-state index in [9.17, 15) is 14.0 Å². The first kappa shape index (κ1) is 24.0. The summed E-state index contributed by atoms with van der Waals surface area (Å²) in [5, 5.41) is 0.138. The van der Waals surface area contributed by atoms with Crippen LogP contribution in [0.25, 0.3) is 11.0 Å². The summed E-state index contributed by atoms with van der Waals surface area (Å²) < 4.78 is 25.7. The van der Waals surface area contributed by atoms with E-state index in [0.717, 1.165) is 37.8 Å². The number of fused-ring (bicyclic) bond motifs is 2. The summed E-state index contributed by atoms with van der Waals surface area (Å²) in [5.41, 5.74) is 0.864. The van der Waals surface area contributed by atoms with E-state index in [0.29, 0.717) is 18.9 Å². The van der Waals surface area contributed by atoms with Gasteiger partial charge in [-0.05, 0) is 69.4 Å². The molecule has 0 aliphatic carbocycles. The Morgan fingerprint density at radius 1 is 1.09 bits per heavy atom. The van der Waals surface area contributed by atoms with E-state index >= 15 is 0 Å². The molecule has 1 atom stereocenters. The van der Waals surface area contributed by atoms with Crippen LogP contribution in [-0.2, 0) is 0 Å². The molecule has 2 aromatic carbocycles. The van der Waals surface area contributed by atoms with Crippen molar-refractivity contribution in [3.8, 4) is 5.75 Å². The zero-order valence-electron chi connectivity index (χ0n) is 20.0. The maximum absolute atomic E-state index is 13.9. The summed E-state index contributed by atoms with van der Waals surface area (Å²) in [6.07, 6.45) is 3.90. The molecular formula is C27H31FN2O4. The molecule has 1 aliphatic heterocycles. The van der Waals surface area contributed by atoms with Gasteiger partial charge >= 0.3 is 0 Å². The highest BCUT2D eigenvalue weighted by atomic mass is 19.1. The summed E-state index contributed by atoms with van der Waals surface area (Å²) in [4.78, 5) is 30.7. The number of unbranched alkanes of at least 4 members (excludes halogenated alkanes) is 2. The standard InChI is InChI=1S/C27H31FN2O4/c1-4-5-6-15-33-20-10-7-9-18(16-20)24-23-25(31)21-17-19(28)11-12-22(21)34-26(23)27(32)30(24)14-8-13-29(2)3/h7,9-12,16-17,24H,4-6,8,13-15H2,1-3H3. The Hall–Kier alpha value is -3.19. The average Bonchev–Trinajstić information content (AvgIpc) is 3.09. The van der Waals surface area contributed by atoms with Crippen LogP contribution in [0.1, 0.15) is 60.3 Å². The van der Waals surface area contributed by atoms with Crippen LogP contribution in [0.15, 0.2) is 51.7 Å². The molecule has 0 saturated carbocycles. The van der Waals surface area contributed by atoms with Crippen LogP contribution in [0.3, 0.4) is 0 Å². The summed E-state index contributed by atoms with van der Waals surface area (Å²) in [5.74, 6) is -0.116. The number of hydrogen-bond donors (Lipinski definition) is 0. The van der Waals surface area contributed by atoms with Gasteiger partial charge in [-0.15, -0.1) is 0 Å². The molecule has 3 aromatic rings. The molecule has 0 radical (unpaired) electrons. The second-order valence-corrected chi connectivity index (χ2v) is 9.00. The summed E-state index contributed by atoms with van der Waals surface area (Å²) >= 11 is 0. The normalized spacial score (nSPS) is 15.4. The van der Waals surface area contributed by atoms with Crippen molar-refractivity contribution in [1.29, 1.82) is 0 Å². The maximum Gasteiger partial charge on any atom is 0.290 e. The third-order valence-corrected chi connectivity index (χ3v) is 6.12. The van der Waals surface area contributed by atoms with E-state index < -0.39 is 11.9 Å². The van der Waals surface area contributed by atoms with E-state index in [2.05, 4.69) is 6.92 Å². The fourth-order valence-electron chi connectivity index (χ4n) is 4.44. The number of amides is 1. The van der Waals surface area contributed by atoms with Gasteiger partial charge in [0.15, 0.2) is 5.43 Å². The Kier molecular flexibility index (Phi) is 7.32. The number of ether oxygens (including phenoxy) is 1. The first-order valence-electron chi connectivity index (χ1n) is 11.9. The van der Waals surface area contributed by atoms with Gasteiger partial charge in [0, 0.05) is 6.54 Å². The minimum atomic E-state index is -0.618. The number of benzene rings is 2. The molecule has 7 heteroatoms. The Labute approximate surface area is 198 Å². The molecule has 1 amide bonds.